The van der Waals surface area contributed by atoms with Crippen molar-refractivity contribution >= 4 is 33.5 Å². The maximum Gasteiger partial charge on any atom is 0.339 e. The molecule has 0 saturated heterocycles. The molecular formula is C29H24O5. The summed E-state index contributed by atoms with van der Waals surface area (Å²) in [7, 11) is 0. The van der Waals surface area contributed by atoms with E-state index in [1.807, 2.05) is 66.7 Å². The fourth-order valence-corrected chi connectivity index (χ4v) is 3.48. The van der Waals surface area contributed by atoms with Gasteiger partial charge in [0.05, 0.1) is 12.7 Å². The first-order valence-corrected chi connectivity index (χ1v) is 11.0. The molecule has 0 atom stereocenters. The second-order valence-electron chi connectivity index (χ2n) is 7.64. The van der Waals surface area contributed by atoms with Crippen molar-refractivity contribution < 1.29 is 23.8 Å². The summed E-state index contributed by atoms with van der Waals surface area (Å²) in [5.41, 5.74) is 0.299. The lowest BCUT2D eigenvalue weighted by atomic mass is 10.1. The highest BCUT2D eigenvalue weighted by Crippen LogP contribution is 2.24. The molecular weight excluding hydrogens is 428 g/mol. The lowest BCUT2D eigenvalue weighted by Crippen LogP contribution is -2.09. The van der Waals surface area contributed by atoms with Crippen LogP contribution in [-0.2, 0) is 14.3 Å². The molecule has 0 aliphatic rings. The average Bonchev–Trinajstić information content (AvgIpc) is 2.84. The van der Waals surface area contributed by atoms with Gasteiger partial charge in [-0.15, -0.1) is 0 Å². The predicted molar refractivity (Wildman–Crippen MR) is 133 cm³/mol. The monoisotopic (exact) mass is 452 g/mol. The van der Waals surface area contributed by atoms with Gasteiger partial charge in [-0.1, -0.05) is 60.7 Å². The number of ether oxygens (including phenoxy) is 3. The summed E-state index contributed by atoms with van der Waals surface area (Å²) in [4.78, 5) is 24.8. The van der Waals surface area contributed by atoms with E-state index in [0.29, 0.717) is 17.1 Å². The summed E-state index contributed by atoms with van der Waals surface area (Å²) in [5, 5.41) is 4.06. The van der Waals surface area contributed by atoms with Crippen LogP contribution in [0.4, 0.5) is 0 Å². The van der Waals surface area contributed by atoms with Gasteiger partial charge in [0.25, 0.3) is 0 Å². The van der Waals surface area contributed by atoms with Crippen LogP contribution in [0.1, 0.15) is 13.8 Å². The summed E-state index contributed by atoms with van der Waals surface area (Å²) in [6.07, 6.45) is 2.68. The third-order valence-electron chi connectivity index (χ3n) is 5.11. The number of allylic oxidation sites excluding steroid dienone is 1. The zero-order valence-corrected chi connectivity index (χ0v) is 19.0. The van der Waals surface area contributed by atoms with E-state index in [0.717, 1.165) is 21.5 Å². The molecule has 0 aliphatic carbocycles. The highest BCUT2D eigenvalue weighted by Gasteiger charge is 2.11. The quantitative estimate of drug-likeness (QED) is 0.107. The molecule has 4 aromatic carbocycles. The Morgan fingerprint density at radius 1 is 0.706 bits per heavy atom. The molecule has 4 rings (SSSR count). The molecule has 4 aromatic rings. The molecule has 0 aromatic heterocycles. The van der Waals surface area contributed by atoms with Gasteiger partial charge in [-0.3, -0.25) is 0 Å². The van der Waals surface area contributed by atoms with Crippen LogP contribution in [0.15, 0.2) is 108 Å². The Balaban J connectivity index is 1.61. The Labute approximate surface area is 197 Å². The largest absolute Gasteiger partial charge is 0.463 e. The van der Waals surface area contributed by atoms with Crippen molar-refractivity contribution in [1.82, 2.24) is 0 Å². The predicted octanol–water partition coefficient (Wildman–Crippen LogP) is 6.37. The molecule has 0 aliphatic heterocycles. The molecule has 0 bridgehead atoms. The standard InChI is InChI=1S/C29H24O5/c1-3-32-29(31)20(2)16-27(33-25-14-12-21-8-4-6-10-23(21)17-25)19-28(30)34-26-15-13-22-9-5-7-11-24(22)18-26/h4-19H,3H2,1-2H3/b20-16+,27-19-. The maximum atomic E-state index is 12.7. The Bertz CT molecular complexity index is 1410. The highest BCUT2D eigenvalue weighted by atomic mass is 16.5. The van der Waals surface area contributed by atoms with Crippen LogP contribution in [0.25, 0.3) is 21.5 Å². The Morgan fingerprint density at radius 3 is 1.79 bits per heavy atom. The zero-order chi connectivity index (χ0) is 23.9. The van der Waals surface area contributed by atoms with Crippen molar-refractivity contribution in [3.63, 3.8) is 0 Å². The Hall–Kier alpha value is -4.38. The molecule has 0 amide bonds. The molecule has 170 valence electrons. The minimum Gasteiger partial charge on any atom is -0.463 e. The number of rotatable bonds is 7. The summed E-state index contributed by atoms with van der Waals surface area (Å²) < 4.78 is 16.5. The molecule has 0 saturated carbocycles. The lowest BCUT2D eigenvalue weighted by Gasteiger charge is -2.10. The Morgan fingerprint density at radius 2 is 1.24 bits per heavy atom. The van der Waals surface area contributed by atoms with Gasteiger partial charge < -0.3 is 14.2 Å². The van der Waals surface area contributed by atoms with E-state index in [2.05, 4.69) is 0 Å². The highest BCUT2D eigenvalue weighted by molar-refractivity contribution is 5.90. The van der Waals surface area contributed by atoms with Crippen LogP contribution in [0, 0.1) is 0 Å². The minimum atomic E-state index is -0.626. The number of esters is 2. The maximum absolute atomic E-state index is 12.7. The van der Waals surface area contributed by atoms with Crippen LogP contribution in [-0.4, -0.2) is 18.5 Å². The molecule has 5 nitrogen and oxygen atoms in total. The second-order valence-corrected chi connectivity index (χ2v) is 7.64. The van der Waals surface area contributed by atoms with Gasteiger partial charge in [0.15, 0.2) is 0 Å². The first-order chi connectivity index (χ1) is 16.5. The molecule has 0 radical (unpaired) electrons. The summed E-state index contributed by atoms with van der Waals surface area (Å²) in [6, 6.07) is 26.7. The van der Waals surface area contributed by atoms with Crippen LogP contribution >= 0.6 is 0 Å². The topological polar surface area (TPSA) is 61.8 Å². The van der Waals surface area contributed by atoms with Gasteiger partial charge in [-0.05, 0) is 65.7 Å². The van der Waals surface area contributed by atoms with Crippen molar-refractivity contribution in [2.45, 2.75) is 13.8 Å². The molecule has 0 unspecified atom stereocenters. The van der Waals surface area contributed by atoms with E-state index >= 15 is 0 Å². The van der Waals surface area contributed by atoms with Crippen LogP contribution in [0.2, 0.25) is 0 Å². The van der Waals surface area contributed by atoms with Gasteiger partial charge in [0.1, 0.15) is 17.3 Å². The summed E-state index contributed by atoms with van der Waals surface area (Å²) in [6.45, 7) is 3.58. The average molecular weight is 453 g/mol. The number of benzene rings is 4. The number of fused-ring (bicyclic) bond motifs is 2. The fraction of sp³-hybridized carbons (Fsp3) is 0.103. The number of hydrogen-bond donors (Lipinski definition) is 0. The normalized spacial score (nSPS) is 11.9. The van der Waals surface area contributed by atoms with Gasteiger partial charge in [0.2, 0.25) is 0 Å². The minimum absolute atomic E-state index is 0.159. The molecule has 0 fully saturated rings. The van der Waals surface area contributed by atoms with Gasteiger partial charge in [0, 0.05) is 5.57 Å². The van der Waals surface area contributed by atoms with E-state index in [1.54, 1.807) is 32.0 Å². The molecule has 0 N–H and O–H groups in total. The summed E-state index contributed by atoms with van der Waals surface area (Å²) >= 11 is 0. The molecule has 5 heteroatoms. The number of carbonyl (C=O) groups excluding carboxylic acids is 2. The zero-order valence-electron chi connectivity index (χ0n) is 19.0. The van der Waals surface area contributed by atoms with E-state index in [1.165, 1.54) is 12.2 Å². The first kappa shape index (κ1) is 22.8. The van der Waals surface area contributed by atoms with Crippen molar-refractivity contribution in [2.75, 3.05) is 6.61 Å². The molecule has 34 heavy (non-hydrogen) atoms. The molecule has 0 heterocycles. The van der Waals surface area contributed by atoms with Crippen LogP contribution in [0.5, 0.6) is 11.5 Å². The van der Waals surface area contributed by atoms with E-state index < -0.39 is 11.9 Å². The van der Waals surface area contributed by atoms with Crippen LogP contribution in [0.3, 0.4) is 0 Å². The smallest absolute Gasteiger partial charge is 0.339 e. The van der Waals surface area contributed by atoms with Crippen molar-refractivity contribution in [2.24, 2.45) is 0 Å². The number of carbonyl (C=O) groups is 2. The van der Waals surface area contributed by atoms with Gasteiger partial charge in [-0.25, -0.2) is 9.59 Å². The molecule has 0 spiro atoms. The third-order valence-corrected chi connectivity index (χ3v) is 5.11. The second kappa shape index (κ2) is 10.5. The van der Waals surface area contributed by atoms with Crippen molar-refractivity contribution in [1.29, 1.82) is 0 Å². The van der Waals surface area contributed by atoms with Crippen LogP contribution < -0.4 is 9.47 Å². The lowest BCUT2D eigenvalue weighted by molar-refractivity contribution is -0.138. The first-order valence-electron chi connectivity index (χ1n) is 11.0. The van der Waals surface area contributed by atoms with E-state index in [9.17, 15) is 9.59 Å². The third kappa shape index (κ3) is 5.70. The fourth-order valence-electron chi connectivity index (χ4n) is 3.48. The van der Waals surface area contributed by atoms with Crippen molar-refractivity contribution in [3.05, 3.63) is 108 Å². The Kier molecular flexibility index (Phi) is 7.04. The van der Waals surface area contributed by atoms with Gasteiger partial charge in [-0.2, -0.15) is 0 Å². The summed E-state index contributed by atoms with van der Waals surface area (Å²) in [5.74, 6) is -0.0172. The van der Waals surface area contributed by atoms with E-state index in [4.69, 9.17) is 14.2 Å². The van der Waals surface area contributed by atoms with Crippen molar-refractivity contribution in [3.8, 4) is 11.5 Å². The van der Waals surface area contributed by atoms with Gasteiger partial charge >= 0.3 is 11.9 Å². The van der Waals surface area contributed by atoms with E-state index in [-0.39, 0.29) is 12.4 Å². The SMILES string of the molecule is CCOC(=O)/C(C)=C/C(=C/C(=O)Oc1ccc2ccccc2c1)Oc1ccc2ccccc2c1. The number of hydrogen-bond acceptors (Lipinski definition) is 5.